The number of hydrogen-bond acceptors (Lipinski definition) is 3. The average Bonchev–Trinajstić information content (AvgIpc) is 3.42. The zero-order valence-corrected chi connectivity index (χ0v) is 16.2. The maximum absolute atomic E-state index is 13.1. The minimum absolute atomic E-state index is 0.0697. The average molecular weight is 377 g/mol. The van der Waals surface area contributed by atoms with E-state index in [-0.39, 0.29) is 11.8 Å². The molecule has 0 atom stereocenters. The Morgan fingerprint density at radius 2 is 1.54 bits per heavy atom. The van der Waals surface area contributed by atoms with Gasteiger partial charge < -0.3 is 15.1 Å². The Bertz CT molecular complexity index is 838. The number of carbonyl (C=O) groups excluding carboxylic acids is 2. The zero-order chi connectivity index (χ0) is 19.3. The number of nitrogens with one attached hydrogen (secondary N) is 1. The summed E-state index contributed by atoms with van der Waals surface area (Å²) < 4.78 is 0. The Labute approximate surface area is 166 Å². The highest BCUT2D eigenvalue weighted by molar-refractivity contribution is 6.02. The number of benzene rings is 2. The van der Waals surface area contributed by atoms with E-state index < -0.39 is 0 Å². The van der Waals surface area contributed by atoms with Gasteiger partial charge in [0.1, 0.15) is 0 Å². The molecule has 1 N–H and O–H groups in total. The van der Waals surface area contributed by atoms with Gasteiger partial charge in [0.25, 0.3) is 5.91 Å². The van der Waals surface area contributed by atoms with Gasteiger partial charge in [-0.2, -0.15) is 0 Å². The van der Waals surface area contributed by atoms with Gasteiger partial charge in [0, 0.05) is 37.6 Å². The molecular weight excluding hydrogens is 350 g/mol. The first kappa shape index (κ1) is 18.5. The predicted molar refractivity (Wildman–Crippen MR) is 112 cm³/mol. The molecule has 5 nitrogen and oxygen atoms in total. The van der Waals surface area contributed by atoms with Gasteiger partial charge in [-0.1, -0.05) is 30.3 Å². The van der Waals surface area contributed by atoms with Crippen LogP contribution in [0.4, 0.5) is 11.4 Å². The van der Waals surface area contributed by atoms with Gasteiger partial charge in [0.2, 0.25) is 5.91 Å². The molecule has 2 aliphatic rings. The number of rotatable bonds is 5. The molecule has 2 aromatic carbocycles. The Kier molecular flexibility index (Phi) is 5.60. The lowest BCUT2D eigenvalue weighted by Gasteiger charge is -2.24. The summed E-state index contributed by atoms with van der Waals surface area (Å²) in [5.74, 6) is 0.0123. The first-order valence-corrected chi connectivity index (χ1v) is 10.2. The van der Waals surface area contributed by atoms with Crippen molar-refractivity contribution in [3.8, 4) is 0 Å². The van der Waals surface area contributed by atoms with E-state index in [1.807, 2.05) is 53.4 Å². The van der Waals surface area contributed by atoms with Crippen molar-refractivity contribution in [3.63, 3.8) is 0 Å². The van der Waals surface area contributed by atoms with Crippen LogP contribution in [-0.4, -0.2) is 42.9 Å². The predicted octanol–water partition coefficient (Wildman–Crippen LogP) is 3.70. The lowest BCUT2D eigenvalue weighted by atomic mass is 10.1. The van der Waals surface area contributed by atoms with Crippen LogP contribution in [0, 0.1) is 0 Å². The van der Waals surface area contributed by atoms with Crippen molar-refractivity contribution in [1.82, 2.24) is 4.90 Å². The van der Waals surface area contributed by atoms with Crippen molar-refractivity contribution < 1.29 is 9.59 Å². The van der Waals surface area contributed by atoms with Crippen LogP contribution in [0.3, 0.4) is 0 Å². The molecule has 4 rings (SSSR count). The van der Waals surface area contributed by atoms with Gasteiger partial charge in [-0.15, -0.1) is 0 Å². The highest BCUT2D eigenvalue weighted by Crippen LogP contribution is 2.29. The molecule has 146 valence electrons. The summed E-state index contributed by atoms with van der Waals surface area (Å²) in [4.78, 5) is 29.8. The van der Waals surface area contributed by atoms with Crippen LogP contribution in [0.2, 0.25) is 0 Å². The third-order valence-electron chi connectivity index (χ3n) is 5.56. The topological polar surface area (TPSA) is 52.7 Å². The third-order valence-corrected chi connectivity index (χ3v) is 5.56. The molecule has 2 aromatic rings. The SMILES string of the molecule is O=C(Cc1ccccc1)Nc1ccc(N2CCCC2)c(C(=O)N2CCCC2)c1. The van der Waals surface area contributed by atoms with Crippen LogP contribution in [0.25, 0.3) is 0 Å². The lowest BCUT2D eigenvalue weighted by Crippen LogP contribution is -2.30. The Morgan fingerprint density at radius 1 is 0.857 bits per heavy atom. The van der Waals surface area contributed by atoms with E-state index in [1.54, 1.807) is 0 Å². The number of likely N-dealkylation sites (tertiary alicyclic amines) is 1. The van der Waals surface area contributed by atoms with Crippen molar-refractivity contribution in [3.05, 3.63) is 59.7 Å². The van der Waals surface area contributed by atoms with Crippen molar-refractivity contribution >= 4 is 23.2 Å². The van der Waals surface area contributed by atoms with Gasteiger partial charge in [0.05, 0.1) is 12.0 Å². The van der Waals surface area contributed by atoms with Crippen LogP contribution in [0.15, 0.2) is 48.5 Å². The first-order valence-electron chi connectivity index (χ1n) is 10.2. The van der Waals surface area contributed by atoms with E-state index in [2.05, 4.69) is 10.2 Å². The van der Waals surface area contributed by atoms with Gasteiger partial charge in [-0.25, -0.2) is 0 Å². The summed E-state index contributed by atoms with van der Waals surface area (Å²) in [5.41, 5.74) is 3.37. The van der Waals surface area contributed by atoms with E-state index in [0.717, 1.165) is 63.1 Å². The standard InChI is InChI=1S/C23H27N3O2/c27-22(16-18-8-2-1-3-9-18)24-19-10-11-21(25-12-4-5-13-25)20(17-19)23(28)26-14-6-7-15-26/h1-3,8-11,17H,4-7,12-16H2,(H,24,27). The first-order chi connectivity index (χ1) is 13.7. The molecule has 2 heterocycles. The fraction of sp³-hybridized carbons (Fsp3) is 0.391. The van der Waals surface area contributed by atoms with Gasteiger partial charge in [-0.05, 0) is 49.4 Å². The molecule has 2 fully saturated rings. The summed E-state index contributed by atoms with van der Waals surface area (Å²) in [6.07, 6.45) is 4.78. The van der Waals surface area contributed by atoms with Crippen LogP contribution < -0.4 is 10.2 Å². The fourth-order valence-corrected chi connectivity index (χ4v) is 4.10. The second-order valence-electron chi connectivity index (χ2n) is 7.64. The molecule has 2 amide bonds. The molecule has 0 aromatic heterocycles. The fourth-order valence-electron chi connectivity index (χ4n) is 4.10. The highest BCUT2D eigenvalue weighted by atomic mass is 16.2. The van der Waals surface area contributed by atoms with Crippen molar-refractivity contribution in [1.29, 1.82) is 0 Å². The monoisotopic (exact) mass is 377 g/mol. The third kappa shape index (κ3) is 4.19. The van der Waals surface area contributed by atoms with Crippen LogP contribution >= 0.6 is 0 Å². The summed E-state index contributed by atoms with van der Waals surface area (Å²) in [7, 11) is 0. The number of amides is 2. The quantitative estimate of drug-likeness (QED) is 0.864. The molecule has 0 radical (unpaired) electrons. The van der Waals surface area contributed by atoms with E-state index in [0.29, 0.717) is 17.7 Å². The molecule has 0 aliphatic carbocycles. The number of carbonyl (C=O) groups is 2. The Hall–Kier alpha value is -2.82. The molecule has 0 unspecified atom stereocenters. The second-order valence-corrected chi connectivity index (χ2v) is 7.64. The van der Waals surface area contributed by atoms with E-state index in [4.69, 9.17) is 0 Å². The van der Waals surface area contributed by atoms with Crippen molar-refractivity contribution in [2.75, 3.05) is 36.4 Å². The minimum Gasteiger partial charge on any atom is -0.371 e. The van der Waals surface area contributed by atoms with Gasteiger partial charge in [-0.3, -0.25) is 9.59 Å². The smallest absolute Gasteiger partial charge is 0.256 e. The van der Waals surface area contributed by atoms with Crippen LogP contribution in [-0.2, 0) is 11.2 Å². The Balaban J connectivity index is 1.55. The number of anilines is 2. The molecule has 28 heavy (non-hydrogen) atoms. The highest BCUT2D eigenvalue weighted by Gasteiger charge is 2.25. The molecule has 0 saturated carbocycles. The summed E-state index contributed by atoms with van der Waals surface area (Å²) in [5, 5.41) is 2.97. The molecule has 5 heteroatoms. The summed E-state index contributed by atoms with van der Waals surface area (Å²) >= 11 is 0. The van der Waals surface area contributed by atoms with E-state index in [9.17, 15) is 9.59 Å². The van der Waals surface area contributed by atoms with Crippen LogP contribution in [0.5, 0.6) is 0 Å². The van der Waals surface area contributed by atoms with Gasteiger partial charge in [0.15, 0.2) is 0 Å². The molecular formula is C23H27N3O2. The van der Waals surface area contributed by atoms with E-state index >= 15 is 0 Å². The normalized spacial score (nSPS) is 16.4. The summed E-state index contributed by atoms with van der Waals surface area (Å²) in [6, 6.07) is 15.5. The maximum Gasteiger partial charge on any atom is 0.256 e. The number of hydrogen-bond donors (Lipinski definition) is 1. The zero-order valence-electron chi connectivity index (χ0n) is 16.2. The minimum atomic E-state index is -0.0697. The second kappa shape index (κ2) is 8.46. The maximum atomic E-state index is 13.1. The van der Waals surface area contributed by atoms with Gasteiger partial charge >= 0.3 is 0 Å². The van der Waals surface area contributed by atoms with Crippen LogP contribution in [0.1, 0.15) is 41.6 Å². The number of nitrogens with zero attached hydrogens (tertiary/aromatic N) is 2. The lowest BCUT2D eigenvalue weighted by molar-refractivity contribution is -0.115. The molecule has 0 spiro atoms. The molecule has 2 aliphatic heterocycles. The molecule has 0 bridgehead atoms. The van der Waals surface area contributed by atoms with E-state index in [1.165, 1.54) is 0 Å². The van der Waals surface area contributed by atoms with Crippen molar-refractivity contribution in [2.24, 2.45) is 0 Å². The molecule has 2 saturated heterocycles. The van der Waals surface area contributed by atoms with Crippen molar-refractivity contribution in [2.45, 2.75) is 32.1 Å². The largest absolute Gasteiger partial charge is 0.371 e. The summed E-state index contributed by atoms with van der Waals surface area (Å²) in [6.45, 7) is 3.62. The Morgan fingerprint density at radius 3 is 2.25 bits per heavy atom.